The summed E-state index contributed by atoms with van der Waals surface area (Å²) in [4.78, 5) is 20.3. The van der Waals surface area contributed by atoms with Crippen molar-refractivity contribution in [1.82, 2.24) is 19.6 Å². The van der Waals surface area contributed by atoms with Crippen LogP contribution in [0.15, 0.2) is 29.1 Å². The molecule has 2 N–H and O–H groups in total. The Labute approximate surface area is 132 Å². The molecule has 8 nitrogen and oxygen atoms in total. The van der Waals surface area contributed by atoms with E-state index < -0.39 is 0 Å². The summed E-state index contributed by atoms with van der Waals surface area (Å²) in [7, 11) is 3.22. The predicted octanol–water partition coefficient (Wildman–Crippen LogP) is 1.36. The van der Waals surface area contributed by atoms with E-state index in [0.29, 0.717) is 24.0 Å². The molecule has 0 bridgehead atoms. The van der Waals surface area contributed by atoms with Gasteiger partial charge in [-0.05, 0) is 25.1 Å². The van der Waals surface area contributed by atoms with Gasteiger partial charge in [-0.1, -0.05) is 0 Å². The van der Waals surface area contributed by atoms with Crippen molar-refractivity contribution >= 4 is 11.7 Å². The number of benzene rings is 1. The number of nitrogens with one attached hydrogen (secondary N) is 2. The first-order chi connectivity index (χ1) is 11.1. The molecule has 0 radical (unpaired) electrons. The molecule has 0 aliphatic carbocycles. The van der Waals surface area contributed by atoms with Gasteiger partial charge in [0.05, 0.1) is 14.2 Å². The third kappa shape index (κ3) is 2.96. The van der Waals surface area contributed by atoms with Crippen LogP contribution in [0.25, 0.3) is 5.78 Å². The first-order valence-corrected chi connectivity index (χ1v) is 7.02. The van der Waals surface area contributed by atoms with Crippen molar-refractivity contribution < 1.29 is 9.47 Å². The van der Waals surface area contributed by atoms with Crippen LogP contribution in [0.2, 0.25) is 0 Å². The summed E-state index contributed by atoms with van der Waals surface area (Å²) in [6.07, 6.45) is 0. The number of fused-ring (bicyclic) bond motifs is 1. The fraction of sp³-hybridized carbons (Fsp3) is 0.267. The summed E-state index contributed by atoms with van der Waals surface area (Å²) in [6.45, 7) is 2.21. The first-order valence-electron chi connectivity index (χ1n) is 7.02. The quantitative estimate of drug-likeness (QED) is 0.738. The molecule has 0 spiro atoms. The van der Waals surface area contributed by atoms with E-state index in [1.54, 1.807) is 21.1 Å². The standard InChI is InChI=1S/C15H17N5O3/c1-9-6-13(21)20-15(17-9)18-14(19-20)16-8-10-7-11(22-2)4-5-12(10)23-3/h4-7H,8H2,1-3H3,(H2,16,17,18,19). The average Bonchev–Trinajstić information content (AvgIpc) is 2.95. The molecule has 1 aromatic carbocycles. The molecule has 0 aliphatic heterocycles. The number of hydrogen-bond acceptors (Lipinski definition) is 6. The third-order valence-electron chi connectivity index (χ3n) is 3.39. The summed E-state index contributed by atoms with van der Waals surface area (Å²) in [6, 6.07) is 6.99. The summed E-state index contributed by atoms with van der Waals surface area (Å²) >= 11 is 0. The largest absolute Gasteiger partial charge is 0.497 e. The number of aryl methyl sites for hydroxylation is 1. The van der Waals surface area contributed by atoms with E-state index in [1.165, 1.54) is 10.6 Å². The van der Waals surface area contributed by atoms with E-state index in [2.05, 4.69) is 20.4 Å². The highest BCUT2D eigenvalue weighted by Gasteiger charge is 2.09. The average molecular weight is 315 g/mol. The van der Waals surface area contributed by atoms with Gasteiger partial charge >= 0.3 is 0 Å². The van der Waals surface area contributed by atoms with Crippen LogP contribution in [0.3, 0.4) is 0 Å². The molecule has 0 saturated carbocycles. The van der Waals surface area contributed by atoms with Crippen LogP contribution in [0.1, 0.15) is 11.3 Å². The molecule has 0 unspecified atom stereocenters. The Kier molecular flexibility index (Phi) is 3.88. The number of aromatic amines is 1. The lowest BCUT2D eigenvalue weighted by atomic mass is 10.2. The van der Waals surface area contributed by atoms with Gasteiger partial charge in [0.2, 0.25) is 5.95 Å². The predicted molar refractivity (Wildman–Crippen MR) is 85.2 cm³/mol. The number of rotatable bonds is 5. The zero-order valence-corrected chi connectivity index (χ0v) is 13.1. The second-order valence-corrected chi connectivity index (χ2v) is 4.97. The molecule has 23 heavy (non-hydrogen) atoms. The molecule has 0 fully saturated rings. The highest BCUT2D eigenvalue weighted by atomic mass is 16.5. The number of ether oxygens (including phenoxy) is 2. The van der Waals surface area contributed by atoms with E-state index in [0.717, 1.165) is 17.1 Å². The molecule has 0 saturated heterocycles. The molecule has 8 heteroatoms. The van der Waals surface area contributed by atoms with Gasteiger partial charge in [0.25, 0.3) is 11.3 Å². The van der Waals surface area contributed by atoms with Crippen molar-refractivity contribution in [2.75, 3.05) is 19.5 Å². The molecule has 2 aromatic heterocycles. The highest BCUT2D eigenvalue weighted by Crippen LogP contribution is 2.24. The molecular formula is C15H17N5O3. The molecule has 3 aromatic rings. The van der Waals surface area contributed by atoms with Gasteiger partial charge in [-0.3, -0.25) is 9.89 Å². The van der Waals surface area contributed by atoms with Crippen LogP contribution in [-0.2, 0) is 6.54 Å². The maximum Gasteiger partial charge on any atom is 0.274 e. The van der Waals surface area contributed by atoms with E-state index in [9.17, 15) is 4.79 Å². The Morgan fingerprint density at radius 3 is 2.78 bits per heavy atom. The fourth-order valence-electron chi connectivity index (χ4n) is 2.27. The fourth-order valence-corrected chi connectivity index (χ4v) is 2.27. The Morgan fingerprint density at radius 1 is 1.22 bits per heavy atom. The SMILES string of the molecule is COc1ccc(OC)c(CNc2nc3nc(C)cc(=O)n3[nH]2)c1. The number of nitrogens with zero attached hydrogens (tertiary/aromatic N) is 3. The van der Waals surface area contributed by atoms with Crippen molar-refractivity contribution in [2.45, 2.75) is 13.5 Å². The molecule has 2 heterocycles. The second kappa shape index (κ2) is 5.99. The minimum atomic E-state index is -0.202. The van der Waals surface area contributed by atoms with E-state index in [-0.39, 0.29) is 5.56 Å². The van der Waals surface area contributed by atoms with E-state index >= 15 is 0 Å². The third-order valence-corrected chi connectivity index (χ3v) is 3.39. The van der Waals surface area contributed by atoms with Crippen LogP contribution in [0, 0.1) is 6.92 Å². The van der Waals surface area contributed by atoms with Crippen LogP contribution in [0.4, 0.5) is 5.95 Å². The van der Waals surface area contributed by atoms with Crippen molar-refractivity contribution in [3.63, 3.8) is 0 Å². The molecule has 0 amide bonds. The zero-order chi connectivity index (χ0) is 16.4. The highest BCUT2D eigenvalue weighted by molar-refractivity contribution is 5.43. The molecular weight excluding hydrogens is 298 g/mol. The molecule has 0 aliphatic rings. The summed E-state index contributed by atoms with van der Waals surface area (Å²) in [5.74, 6) is 2.25. The van der Waals surface area contributed by atoms with Crippen molar-refractivity contribution in [3.05, 3.63) is 45.9 Å². The van der Waals surface area contributed by atoms with Crippen LogP contribution in [0.5, 0.6) is 11.5 Å². The molecule has 3 rings (SSSR count). The van der Waals surface area contributed by atoms with Gasteiger partial charge in [0, 0.05) is 23.9 Å². The maximum atomic E-state index is 11.9. The second-order valence-electron chi connectivity index (χ2n) is 4.97. The Hall–Kier alpha value is -3.03. The summed E-state index contributed by atoms with van der Waals surface area (Å²) < 4.78 is 11.8. The number of methoxy groups -OCH3 is 2. The van der Waals surface area contributed by atoms with Gasteiger partial charge in [0.15, 0.2) is 0 Å². The summed E-state index contributed by atoms with van der Waals surface area (Å²) in [5.41, 5.74) is 1.33. The van der Waals surface area contributed by atoms with Gasteiger partial charge < -0.3 is 14.8 Å². The van der Waals surface area contributed by atoms with E-state index in [1.807, 2.05) is 18.2 Å². The zero-order valence-electron chi connectivity index (χ0n) is 13.1. The number of aromatic nitrogens is 4. The van der Waals surface area contributed by atoms with Crippen molar-refractivity contribution in [3.8, 4) is 11.5 Å². The lowest BCUT2D eigenvalue weighted by molar-refractivity contribution is 0.399. The smallest absolute Gasteiger partial charge is 0.274 e. The first kappa shape index (κ1) is 14.9. The minimum Gasteiger partial charge on any atom is -0.497 e. The lowest BCUT2D eigenvalue weighted by Crippen LogP contribution is -2.14. The molecule has 120 valence electrons. The monoisotopic (exact) mass is 315 g/mol. The van der Waals surface area contributed by atoms with E-state index in [4.69, 9.17) is 9.47 Å². The topological polar surface area (TPSA) is 93.5 Å². The lowest BCUT2D eigenvalue weighted by Gasteiger charge is -2.10. The Bertz CT molecular complexity index is 900. The van der Waals surface area contributed by atoms with Gasteiger partial charge in [-0.15, -0.1) is 0 Å². The number of H-pyrrole nitrogens is 1. The Morgan fingerprint density at radius 2 is 2.04 bits per heavy atom. The van der Waals surface area contributed by atoms with Crippen LogP contribution in [-0.4, -0.2) is 33.8 Å². The Balaban J connectivity index is 1.86. The van der Waals surface area contributed by atoms with Gasteiger partial charge in [-0.25, -0.2) is 4.98 Å². The molecule has 0 atom stereocenters. The number of hydrogen-bond donors (Lipinski definition) is 2. The number of anilines is 1. The van der Waals surface area contributed by atoms with Gasteiger partial charge in [-0.2, -0.15) is 9.50 Å². The van der Waals surface area contributed by atoms with Gasteiger partial charge in [0.1, 0.15) is 11.5 Å². The normalized spacial score (nSPS) is 10.7. The van der Waals surface area contributed by atoms with Crippen molar-refractivity contribution in [1.29, 1.82) is 0 Å². The van der Waals surface area contributed by atoms with Crippen LogP contribution >= 0.6 is 0 Å². The van der Waals surface area contributed by atoms with Crippen molar-refractivity contribution in [2.24, 2.45) is 0 Å². The maximum absolute atomic E-state index is 11.9. The van der Waals surface area contributed by atoms with Crippen LogP contribution < -0.4 is 20.3 Å². The summed E-state index contributed by atoms with van der Waals surface area (Å²) in [5, 5.41) is 6.00. The minimum absolute atomic E-state index is 0.202.